The van der Waals surface area contributed by atoms with E-state index >= 15 is 0 Å². The maximum absolute atomic E-state index is 5.38. The number of fused-ring (bicyclic) bond motifs is 9. The number of hydrogen-bond donors (Lipinski definition) is 0. The van der Waals surface area contributed by atoms with Crippen LogP contribution >= 0.6 is 11.3 Å². The van der Waals surface area contributed by atoms with Gasteiger partial charge in [-0.15, -0.1) is 11.3 Å². The number of aromatic nitrogens is 2. The molecule has 0 saturated carbocycles. The lowest BCUT2D eigenvalue weighted by Crippen LogP contribution is -2.14. The Hall–Kier alpha value is -6.42. The topological polar surface area (TPSA) is 25.8 Å². The minimum Gasteiger partial charge on any atom is -0.228 e. The van der Waals surface area contributed by atoms with E-state index < -0.39 is 0 Å². The maximum Gasteiger partial charge on any atom is 0.161 e. The summed E-state index contributed by atoms with van der Waals surface area (Å²) < 4.78 is 2.53. The van der Waals surface area contributed by atoms with Gasteiger partial charge in [-0.3, -0.25) is 0 Å². The minimum absolute atomic E-state index is 0.0713. The van der Waals surface area contributed by atoms with Gasteiger partial charge in [-0.05, 0) is 79.2 Å². The smallest absolute Gasteiger partial charge is 0.161 e. The van der Waals surface area contributed by atoms with E-state index in [1.54, 1.807) is 0 Å². The molecule has 10 aromatic rings. The molecule has 0 amide bonds. The summed E-state index contributed by atoms with van der Waals surface area (Å²) in [6.45, 7) is 4.71. The van der Waals surface area contributed by atoms with Crippen LogP contribution < -0.4 is 0 Å². The van der Waals surface area contributed by atoms with Crippen molar-refractivity contribution in [1.82, 2.24) is 9.97 Å². The quantitative estimate of drug-likeness (QED) is 0.182. The molecule has 2 heterocycles. The van der Waals surface area contributed by atoms with Crippen molar-refractivity contribution in [3.63, 3.8) is 0 Å². The Labute approximate surface area is 318 Å². The zero-order valence-electron chi connectivity index (χ0n) is 30.0. The molecule has 2 nitrogen and oxygen atoms in total. The summed E-state index contributed by atoms with van der Waals surface area (Å²) >= 11 is 1.83. The van der Waals surface area contributed by atoms with E-state index in [0.29, 0.717) is 0 Å². The first-order valence-corrected chi connectivity index (χ1v) is 19.4. The first kappa shape index (κ1) is 31.1. The molecule has 0 spiro atoms. The molecule has 0 atom stereocenters. The Morgan fingerprint density at radius 3 is 1.94 bits per heavy atom. The van der Waals surface area contributed by atoms with Crippen LogP contribution in [0.2, 0.25) is 0 Å². The third kappa shape index (κ3) is 4.65. The maximum atomic E-state index is 5.38. The van der Waals surface area contributed by atoms with Gasteiger partial charge >= 0.3 is 0 Å². The lowest BCUT2D eigenvalue weighted by atomic mass is 9.81. The van der Waals surface area contributed by atoms with E-state index in [0.717, 1.165) is 39.3 Å². The van der Waals surface area contributed by atoms with E-state index in [1.165, 1.54) is 69.7 Å². The van der Waals surface area contributed by atoms with Crippen molar-refractivity contribution >= 4 is 53.1 Å². The van der Waals surface area contributed by atoms with Crippen LogP contribution in [0.1, 0.15) is 25.0 Å². The van der Waals surface area contributed by atoms with Gasteiger partial charge in [0.05, 0.1) is 11.4 Å². The Balaban J connectivity index is 1.11. The molecule has 1 aliphatic rings. The van der Waals surface area contributed by atoms with Gasteiger partial charge < -0.3 is 0 Å². The molecular formula is C51H34N2S. The molecule has 3 heteroatoms. The molecule has 0 bridgehead atoms. The van der Waals surface area contributed by atoms with Gasteiger partial charge in [-0.2, -0.15) is 0 Å². The van der Waals surface area contributed by atoms with Crippen LogP contribution in [0.15, 0.2) is 170 Å². The molecule has 11 rings (SSSR count). The molecule has 0 N–H and O–H groups in total. The van der Waals surface area contributed by atoms with Crippen molar-refractivity contribution in [2.45, 2.75) is 19.3 Å². The Bertz CT molecular complexity index is 3130. The van der Waals surface area contributed by atoms with E-state index in [4.69, 9.17) is 9.97 Å². The van der Waals surface area contributed by atoms with Gasteiger partial charge in [0.15, 0.2) is 5.82 Å². The van der Waals surface area contributed by atoms with Crippen LogP contribution in [-0.2, 0) is 5.41 Å². The molecular weight excluding hydrogens is 673 g/mol. The molecule has 0 saturated heterocycles. The van der Waals surface area contributed by atoms with Crippen LogP contribution in [0.3, 0.4) is 0 Å². The fourth-order valence-electron chi connectivity index (χ4n) is 8.85. The van der Waals surface area contributed by atoms with Gasteiger partial charge in [0.25, 0.3) is 0 Å². The Morgan fingerprint density at radius 1 is 0.426 bits per heavy atom. The van der Waals surface area contributed by atoms with Gasteiger partial charge in [0.1, 0.15) is 0 Å². The Morgan fingerprint density at radius 2 is 1.09 bits per heavy atom. The predicted molar refractivity (Wildman–Crippen MR) is 229 cm³/mol. The van der Waals surface area contributed by atoms with Crippen molar-refractivity contribution in [3.05, 3.63) is 181 Å². The molecule has 0 radical (unpaired) electrons. The molecule has 0 unspecified atom stereocenters. The third-order valence-electron chi connectivity index (χ3n) is 11.5. The number of rotatable bonds is 4. The van der Waals surface area contributed by atoms with Gasteiger partial charge in [-0.25, -0.2) is 9.97 Å². The van der Waals surface area contributed by atoms with Crippen molar-refractivity contribution in [3.8, 4) is 56.2 Å². The molecule has 0 aliphatic heterocycles. The first-order valence-electron chi connectivity index (χ1n) is 18.6. The van der Waals surface area contributed by atoms with Crippen molar-refractivity contribution in [1.29, 1.82) is 0 Å². The zero-order valence-corrected chi connectivity index (χ0v) is 30.8. The highest BCUT2D eigenvalue weighted by atomic mass is 32.1. The lowest BCUT2D eigenvalue weighted by molar-refractivity contribution is 0.661. The normalized spacial score (nSPS) is 13.1. The molecule has 8 aromatic carbocycles. The summed E-state index contributed by atoms with van der Waals surface area (Å²) in [5.41, 5.74) is 12.9. The van der Waals surface area contributed by atoms with Crippen LogP contribution in [0.5, 0.6) is 0 Å². The fraction of sp³-hybridized carbons (Fsp3) is 0.0588. The second-order valence-corrected chi connectivity index (χ2v) is 16.0. The SMILES string of the molecule is CC1(C)c2ccc(-c3ccc(-c4nc(-c5ccccc5)cc(-c5cccc6c5sc5ccccc56)n4)c4ccccc34)cc2-c2c1ccc1ccccc21. The summed E-state index contributed by atoms with van der Waals surface area (Å²) in [5, 5.41) is 7.46. The zero-order chi connectivity index (χ0) is 36.0. The molecule has 1 aliphatic carbocycles. The van der Waals surface area contributed by atoms with Crippen LogP contribution in [0.4, 0.5) is 0 Å². The van der Waals surface area contributed by atoms with Gasteiger partial charge in [0, 0.05) is 42.3 Å². The van der Waals surface area contributed by atoms with Crippen molar-refractivity contribution in [2.75, 3.05) is 0 Å². The predicted octanol–water partition coefficient (Wildman–Crippen LogP) is 14.1. The number of nitrogens with zero attached hydrogens (tertiary/aromatic N) is 2. The highest BCUT2D eigenvalue weighted by molar-refractivity contribution is 7.26. The van der Waals surface area contributed by atoms with Gasteiger partial charge in [0.2, 0.25) is 0 Å². The highest BCUT2D eigenvalue weighted by Gasteiger charge is 2.36. The van der Waals surface area contributed by atoms with E-state index in [1.807, 2.05) is 11.3 Å². The van der Waals surface area contributed by atoms with Crippen molar-refractivity contribution < 1.29 is 0 Å². The number of thiophene rings is 1. The molecule has 0 fully saturated rings. The second-order valence-electron chi connectivity index (χ2n) is 14.9. The lowest BCUT2D eigenvalue weighted by Gasteiger charge is -2.21. The highest BCUT2D eigenvalue weighted by Crippen LogP contribution is 2.52. The summed E-state index contributed by atoms with van der Waals surface area (Å²) in [7, 11) is 0. The summed E-state index contributed by atoms with van der Waals surface area (Å²) in [5.74, 6) is 0.725. The largest absolute Gasteiger partial charge is 0.228 e. The fourth-order valence-corrected chi connectivity index (χ4v) is 10.1. The summed E-state index contributed by atoms with van der Waals surface area (Å²) in [6.07, 6.45) is 0. The van der Waals surface area contributed by atoms with Crippen LogP contribution in [0, 0.1) is 0 Å². The first-order chi connectivity index (χ1) is 26.5. The molecule has 54 heavy (non-hydrogen) atoms. The Kier molecular flexibility index (Phi) is 6.80. The van der Waals surface area contributed by atoms with Crippen LogP contribution in [-0.4, -0.2) is 9.97 Å². The van der Waals surface area contributed by atoms with E-state index in [2.05, 4.69) is 184 Å². The number of hydrogen-bond acceptors (Lipinski definition) is 3. The third-order valence-corrected chi connectivity index (χ3v) is 12.7. The number of benzene rings is 8. The minimum atomic E-state index is -0.0713. The van der Waals surface area contributed by atoms with Gasteiger partial charge in [-0.1, -0.05) is 159 Å². The average Bonchev–Trinajstić information content (AvgIpc) is 3.72. The standard InChI is InChI=1S/C51H34N2S/c1-51(2)43-27-24-33(29-42(43)48-35-16-7-6-13-31(35)23-28-44(48)51)34-25-26-40(37-18-9-8-17-36(34)37)50-52-45(32-14-4-3-5-15-32)30-46(53-50)41-21-12-20-39-38-19-10-11-22-47(38)54-49(39)41/h3-30H,1-2H3. The van der Waals surface area contributed by atoms with E-state index in [-0.39, 0.29) is 5.41 Å². The second kappa shape index (κ2) is 11.8. The summed E-state index contributed by atoms with van der Waals surface area (Å²) in [4.78, 5) is 10.7. The molecule has 254 valence electrons. The van der Waals surface area contributed by atoms with E-state index in [9.17, 15) is 0 Å². The van der Waals surface area contributed by atoms with Crippen molar-refractivity contribution in [2.24, 2.45) is 0 Å². The van der Waals surface area contributed by atoms with Crippen LogP contribution in [0.25, 0.3) is 97.9 Å². The monoisotopic (exact) mass is 706 g/mol. The average molecular weight is 707 g/mol. The summed E-state index contributed by atoms with van der Waals surface area (Å²) in [6, 6.07) is 61.6. The molecule has 2 aromatic heterocycles.